The van der Waals surface area contributed by atoms with Crippen LogP contribution < -0.4 is 18.9 Å². The summed E-state index contributed by atoms with van der Waals surface area (Å²) >= 11 is 0. The molecule has 1 N–H and O–H groups in total. The van der Waals surface area contributed by atoms with Crippen molar-refractivity contribution < 1.29 is 43.0 Å². The first-order valence-corrected chi connectivity index (χ1v) is 15.7. The highest BCUT2D eigenvalue weighted by molar-refractivity contribution is 5.29. The van der Waals surface area contributed by atoms with Crippen LogP contribution >= 0.6 is 0 Å². The molecule has 0 aromatic heterocycles. The third-order valence-corrected chi connectivity index (χ3v) is 7.78. The number of hydrogen-bond acceptors (Lipinski definition) is 9. The van der Waals surface area contributed by atoms with E-state index in [9.17, 15) is 5.11 Å². The van der Waals surface area contributed by atoms with Crippen LogP contribution in [-0.2, 0) is 45.4 Å². The van der Waals surface area contributed by atoms with Crippen LogP contribution in [-0.4, -0.2) is 65.1 Å². The third kappa shape index (κ3) is 11.1. The number of hydrogen-bond donors (Lipinski definition) is 1. The highest BCUT2D eigenvalue weighted by Crippen LogP contribution is 2.25. The molecule has 4 rings (SSSR count). The van der Waals surface area contributed by atoms with Gasteiger partial charge < -0.3 is 43.0 Å². The Labute approximate surface area is 283 Å². The summed E-state index contributed by atoms with van der Waals surface area (Å²) in [5.41, 5.74) is 4.40. The number of benzene rings is 4. The first-order chi connectivity index (χ1) is 23.5. The summed E-state index contributed by atoms with van der Waals surface area (Å²) in [7, 11) is 6.51. The summed E-state index contributed by atoms with van der Waals surface area (Å²) in [5.74, 6) is 3.02. The monoisotopic (exact) mass is 658 g/mol. The molecule has 0 aliphatic heterocycles. The van der Waals surface area contributed by atoms with E-state index in [0.29, 0.717) is 12.2 Å². The predicted molar refractivity (Wildman–Crippen MR) is 184 cm³/mol. The van der Waals surface area contributed by atoms with Crippen molar-refractivity contribution in [2.45, 2.75) is 44.7 Å². The van der Waals surface area contributed by atoms with Crippen LogP contribution in [0.3, 0.4) is 0 Å². The average Bonchev–Trinajstić information content (AvgIpc) is 3.14. The van der Waals surface area contributed by atoms with Gasteiger partial charge in [-0.2, -0.15) is 0 Å². The molecule has 4 aromatic carbocycles. The fourth-order valence-electron chi connectivity index (χ4n) is 4.94. The zero-order valence-electron chi connectivity index (χ0n) is 28.1. The molecule has 0 heterocycles. The van der Waals surface area contributed by atoms with Gasteiger partial charge in [-0.1, -0.05) is 55.1 Å². The Bertz CT molecular complexity index is 1490. The van der Waals surface area contributed by atoms with E-state index in [1.54, 1.807) is 28.4 Å². The van der Waals surface area contributed by atoms with Crippen molar-refractivity contribution in [1.82, 2.24) is 0 Å². The lowest BCUT2D eigenvalue weighted by atomic mass is 10.0. The van der Waals surface area contributed by atoms with Gasteiger partial charge in [-0.15, -0.1) is 0 Å². The lowest BCUT2D eigenvalue weighted by Crippen LogP contribution is -2.46. The maximum Gasteiger partial charge on any atom is 0.118 e. The lowest BCUT2D eigenvalue weighted by Gasteiger charge is -2.34. The minimum absolute atomic E-state index is 0.193. The van der Waals surface area contributed by atoms with Crippen molar-refractivity contribution in [1.29, 1.82) is 0 Å². The summed E-state index contributed by atoms with van der Waals surface area (Å²) in [6.45, 7) is 5.34. The second kappa shape index (κ2) is 19.4. The number of aliphatic hydroxyl groups is 1. The Morgan fingerprint density at radius 3 is 1.25 bits per heavy atom. The van der Waals surface area contributed by atoms with Gasteiger partial charge in [0.05, 0.1) is 68.1 Å². The number of aliphatic hydroxyl groups excluding tert-OH is 1. The van der Waals surface area contributed by atoms with Crippen LogP contribution in [0.4, 0.5) is 0 Å². The summed E-state index contributed by atoms with van der Waals surface area (Å²) in [6.07, 6.45) is -2.20. The molecule has 0 amide bonds. The first-order valence-electron chi connectivity index (χ1n) is 15.7. The Kier molecular flexibility index (Phi) is 14.8. The van der Waals surface area contributed by atoms with Crippen LogP contribution in [0.5, 0.6) is 23.0 Å². The van der Waals surface area contributed by atoms with Crippen molar-refractivity contribution >= 4 is 0 Å². The standard InChI is InChI=1S/C39H46O9/c1-28(23-45-24-29-6-14-33(41-2)15-7-29)38(47-26-31-10-18-35(43-4)19-11-31)39(48-27-32-12-20-36(44-5)21-13-32)37(22-40)46-25-30-8-16-34(42-3)17-9-30/h6-21,37-40H,1,22-27H2,2-5H3/t37-,38-,39+/m0/s1. The molecule has 0 aliphatic carbocycles. The average molecular weight is 659 g/mol. The minimum Gasteiger partial charge on any atom is -0.497 e. The summed E-state index contributed by atoms with van der Waals surface area (Å²) in [5, 5.41) is 10.7. The van der Waals surface area contributed by atoms with Crippen LogP contribution in [0.2, 0.25) is 0 Å². The fourth-order valence-corrected chi connectivity index (χ4v) is 4.94. The molecule has 0 aliphatic rings. The van der Waals surface area contributed by atoms with Gasteiger partial charge in [0, 0.05) is 0 Å². The molecule has 0 saturated heterocycles. The van der Waals surface area contributed by atoms with Gasteiger partial charge in [0.15, 0.2) is 0 Å². The Morgan fingerprint density at radius 2 is 0.875 bits per heavy atom. The molecule has 0 fully saturated rings. The van der Waals surface area contributed by atoms with E-state index in [1.807, 2.05) is 97.1 Å². The summed E-state index contributed by atoms with van der Waals surface area (Å²) < 4.78 is 46.7. The molecule has 9 nitrogen and oxygen atoms in total. The second-order valence-electron chi connectivity index (χ2n) is 11.1. The number of methoxy groups -OCH3 is 4. The van der Waals surface area contributed by atoms with Gasteiger partial charge >= 0.3 is 0 Å². The van der Waals surface area contributed by atoms with E-state index >= 15 is 0 Å². The zero-order chi connectivity index (χ0) is 34.1. The zero-order valence-corrected chi connectivity index (χ0v) is 28.1. The minimum atomic E-state index is -0.760. The van der Waals surface area contributed by atoms with E-state index in [2.05, 4.69) is 6.58 Å². The Balaban J connectivity index is 1.56. The van der Waals surface area contributed by atoms with Crippen LogP contribution in [0, 0.1) is 0 Å². The van der Waals surface area contributed by atoms with Crippen molar-refractivity contribution in [2.24, 2.45) is 0 Å². The van der Waals surface area contributed by atoms with Gasteiger partial charge in [-0.05, 0) is 76.4 Å². The Hall–Kier alpha value is -4.38. The highest BCUT2D eigenvalue weighted by Gasteiger charge is 2.34. The highest BCUT2D eigenvalue weighted by atomic mass is 16.6. The van der Waals surface area contributed by atoms with Gasteiger partial charge in [-0.25, -0.2) is 0 Å². The predicted octanol–water partition coefficient (Wildman–Crippen LogP) is 6.54. The largest absolute Gasteiger partial charge is 0.497 e. The first kappa shape index (κ1) is 36.5. The molecule has 0 unspecified atom stereocenters. The molecule has 256 valence electrons. The van der Waals surface area contributed by atoms with Gasteiger partial charge in [0.25, 0.3) is 0 Å². The normalized spacial score (nSPS) is 12.9. The maximum atomic E-state index is 10.7. The van der Waals surface area contributed by atoms with E-state index in [0.717, 1.165) is 45.3 Å². The van der Waals surface area contributed by atoms with E-state index in [-0.39, 0.29) is 33.0 Å². The quantitative estimate of drug-likeness (QED) is 0.100. The fraction of sp³-hybridized carbons (Fsp3) is 0.333. The van der Waals surface area contributed by atoms with Crippen molar-refractivity contribution in [3.8, 4) is 23.0 Å². The van der Waals surface area contributed by atoms with E-state index in [1.165, 1.54) is 0 Å². The van der Waals surface area contributed by atoms with Gasteiger partial charge in [0.1, 0.15) is 41.3 Å². The molecule has 0 radical (unpaired) electrons. The smallest absolute Gasteiger partial charge is 0.118 e. The second-order valence-corrected chi connectivity index (χ2v) is 11.1. The molecule has 4 aromatic rings. The molecule has 0 saturated carbocycles. The molecule has 3 atom stereocenters. The summed E-state index contributed by atoms with van der Waals surface area (Å²) in [6, 6.07) is 30.5. The number of ether oxygens (including phenoxy) is 8. The van der Waals surface area contributed by atoms with Crippen molar-refractivity contribution in [2.75, 3.05) is 41.7 Å². The maximum absolute atomic E-state index is 10.7. The molecule has 48 heavy (non-hydrogen) atoms. The van der Waals surface area contributed by atoms with Crippen LogP contribution in [0.15, 0.2) is 109 Å². The van der Waals surface area contributed by atoms with Gasteiger partial charge in [-0.3, -0.25) is 0 Å². The third-order valence-electron chi connectivity index (χ3n) is 7.78. The lowest BCUT2D eigenvalue weighted by molar-refractivity contribution is -0.153. The SMILES string of the molecule is C=C(COCc1ccc(OC)cc1)[C@H](OCc1ccc(OC)cc1)[C@H](OCc1ccc(OC)cc1)[C@H](CO)OCc1ccc(OC)cc1. The van der Waals surface area contributed by atoms with E-state index in [4.69, 9.17) is 37.9 Å². The van der Waals surface area contributed by atoms with Crippen LogP contribution in [0.25, 0.3) is 0 Å². The number of rotatable bonds is 21. The summed E-state index contributed by atoms with van der Waals surface area (Å²) in [4.78, 5) is 0. The molecule has 0 bridgehead atoms. The Morgan fingerprint density at radius 1 is 0.521 bits per heavy atom. The molecular formula is C39H46O9. The van der Waals surface area contributed by atoms with Crippen molar-refractivity contribution in [3.63, 3.8) is 0 Å². The molecule has 9 heteroatoms. The van der Waals surface area contributed by atoms with Crippen LogP contribution in [0.1, 0.15) is 22.3 Å². The molecule has 0 spiro atoms. The topological polar surface area (TPSA) is 94.1 Å². The molecular weight excluding hydrogens is 612 g/mol. The van der Waals surface area contributed by atoms with Crippen molar-refractivity contribution in [3.05, 3.63) is 131 Å². The van der Waals surface area contributed by atoms with E-state index < -0.39 is 18.3 Å². The van der Waals surface area contributed by atoms with Gasteiger partial charge in [0.2, 0.25) is 0 Å².